The van der Waals surface area contributed by atoms with Crippen LogP contribution in [0.1, 0.15) is 194 Å². The van der Waals surface area contributed by atoms with Crippen LogP contribution in [-0.2, 0) is 50.5 Å². The van der Waals surface area contributed by atoms with Crippen LogP contribution < -0.4 is 0 Å². The average Bonchev–Trinajstić information content (AvgIpc) is 3.23. The molecular formula is C41H82O22P4. The second-order valence-electron chi connectivity index (χ2n) is 17.6. The number of phosphoric acid groups is 4. The van der Waals surface area contributed by atoms with Crippen LogP contribution in [-0.4, -0.2) is 121 Å². The fourth-order valence-corrected chi connectivity index (χ4v) is 11.2. The van der Waals surface area contributed by atoms with Gasteiger partial charge in [0.1, 0.15) is 42.7 Å². The number of carbonyl (C=O) groups is 2. The maximum atomic E-state index is 14.1. The number of rotatable bonds is 42. The number of Topliss-reactive ketones (excluding diaryl/α,β-unsaturated/α-hetero) is 2. The third kappa shape index (κ3) is 26.8. The zero-order valence-corrected chi connectivity index (χ0v) is 42.8. The van der Waals surface area contributed by atoms with E-state index in [9.17, 15) is 82.5 Å². The van der Waals surface area contributed by atoms with Crippen molar-refractivity contribution < 1.29 is 105 Å². The van der Waals surface area contributed by atoms with Crippen molar-refractivity contribution in [2.45, 2.75) is 242 Å². The Morgan fingerprint density at radius 1 is 0.448 bits per heavy atom. The van der Waals surface area contributed by atoms with E-state index in [1.165, 1.54) is 64.2 Å². The smallest absolute Gasteiger partial charge is 0.394 e. The minimum atomic E-state index is -6.22. The van der Waals surface area contributed by atoms with Crippen LogP contribution in [0.25, 0.3) is 0 Å². The molecule has 1 rings (SSSR count). The van der Waals surface area contributed by atoms with Crippen LogP contribution in [0.2, 0.25) is 0 Å². The first kappa shape index (κ1) is 64.6. The van der Waals surface area contributed by atoms with Crippen LogP contribution in [0, 0.1) is 0 Å². The largest absolute Gasteiger partial charge is 0.474 e. The lowest BCUT2D eigenvalue weighted by Gasteiger charge is -2.46. The molecule has 0 aromatic rings. The van der Waals surface area contributed by atoms with Gasteiger partial charge in [0, 0.05) is 12.8 Å². The van der Waals surface area contributed by atoms with Crippen molar-refractivity contribution in [2.75, 3.05) is 6.61 Å². The molecule has 22 nitrogen and oxygen atoms in total. The molecule has 8 atom stereocenters. The number of hydrogen-bond acceptors (Lipinski definition) is 15. The summed E-state index contributed by atoms with van der Waals surface area (Å²) >= 11 is 0. The van der Waals surface area contributed by atoms with Crippen LogP contribution in [0.15, 0.2) is 0 Å². The molecule has 11 N–H and O–H groups in total. The maximum Gasteiger partial charge on any atom is 0.474 e. The highest BCUT2D eigenvalue weighted by atomic mass is 31.2. The van der Waals surface area contributed by atoms with E-state index in [0.29, 0.717) is 25.7 Å². The maximum absolute atomic E-state index is 14.1. The molecule has 0 amide bonds. The molecule has 0 heterocycles. The molecule has 0 aliphatic heterocycles. The van der Waals surface area contributed by atoms with Gasteiger partial charge in [-0.3, -0.25) is 32.2 Å². The standard InChI is InChI=1S/C41H82O22P4/c1-3-5-7-9-11-13-15-17-19-21-23-25-27-29-32(43)41(34(45)31-42,33(44)30-28-26-24-22-20-18-16-14-12-10-8-6-4-2)63-67(57,58)62-37-35(46)38(59-64(48,49)50)40(61-66(54,55)56)39(36(37)47)60-65(51,52)53/h34-40,42,45-47H,3-31H2,1-2H3,(H,57,58)(H2,48,49,50)(H2,51,52,53)(H2,54,55,56)/t34-,35+,36+,37-,38+,39-,40-/m0/s1. The van der Waals surface area contributed by atoms with Gasteiger partial charge >= 0.3 is 31.3 Å². The Hall–Kier alpha value is -0.380. The number of ketones is 2. The molecule has 0 spiro atoms. The lowest BCUT2D eigenvalue weighted by atomic mass is 9.82. The summed E-state index contributed by atoms with van der Waals surface area (Å²) in [5.74, 6) is -2.47. The lowest BCUT2D eigenvalue weighted by molar-refractivity contribution is -0.211. The number of phosphoric ester groups is 4. The van der Waals surface area contributed by atoms with Crippen molar-refractivity contribution >= 4 is 42.9 Å². The molecule has 0 radical (unpaired) electrons. The topological polar surface area (TPSA) is 371 Å². The van der Waals surface area contributed by atoms with Gasteiger partial charge in [-0.1, -0.05) is 168 Å². The van der Waals surface area contributed by atoms with Crippen LogP contribution >= 0.6 is 31.3 Å². The quantitative estimate of drug-likeness (QED) is 0.0169. The molecule has 1 fully saturated rings. The summed E-state index contributed by atoms with van der Waals surface area (Å²) in [4.78, 5) is 96.5. The third-order valence-corrected chi connectivity index (χ3v) is 14.4. The third-order valence-electron chi connectivity index (χ3n) is 11.8. The van der Waals surface area contributed by atoms with E-state index >= 15 is 0 Å². The van der Waals surface area contributed by atoms with Gasteiger partial charge in [0.25, 0.3) is 0 Å². The monoisotopic (exact) mass is 1050 g/mol. The molecule has 398 valence electrons. The Kier molecular flexibility index (Phi) is 32.2. The van der Waals surface area contributed by atoms with Crippen LogP contribution in [0.4, 0.5) is 0 Å². The second-order valence-corrected chi connectivity index (χ2v) is 22.5. The summed E-state index contributed by atoms with van der Waals surface area (Å²) in [6.07, 6.45) is 3.97. The summed E-state index contributed by atoms with van der Waals surface area (Å²) in [5.41, 5.74) is -3.31. The minimum absolute atomic E-state index is 0.117. The van der Waals surface area contributed by atoms with Crippen LogP contribution in [0.5, 0.6) is 0 Å². The molecule has 1 saturated carbocycles. The molecule has 0 saturated heterocycles. The van der Waals surface area contributed by atoms with Crippen molar-refractivity contribution in [2.24, 2.45) is 0 Å². The first-order valence-corrected chi connectivity index (χ1v) is 30.1. The lowest BCUT2D eigenvalue weighted by Crippen LogP contribution is -2.65. The summed E-state index contributed by atoms with van der Waals surface area (Å²) < 4.78 is 72.8. The van der Waals surface area contributed by atoms with E-state index in [2.05, 4.69) is 27.4 Å². The Morgan fingerprint density at radius 2 is 0.716 bits per heavy atom. The van der Waals surface area contributed by atoms with E-state index in [4.69, 9.17) is 9.05 Å². The summed E-state index contributed by atoms with van der Waals surface area (Å²) in [6.45, 7) is 2.96. The average molecular weight is 1050 g/mol. The predicted octanol–water partition coefficient (Wildman–Crippen LogP) is 6.85. The summed E-state index contributed by atoms with van der Waals surface area (Å²) in [5, 5.41) is 43.5. The highest BCUT2D eigenvalue weighted by Gasteiger charge is 2.61. The molecule has 26 heteroatoms. The molecule has 0 bridgehead atoms. The first-order chi connectivity index (χ1) is 31.4. The van der Waals surface area contributed by atoms with Gasteiger partial charge in [-0.05, 0) is 12.8 Å². The highest BCUT2D eigenvalue weighted by Crippen LogP contribution is 2.55. The van der Waals surface area contributed by atoms with Gasteiger partial charge in [0.05, 0.1) is 6.61 Å². The van der Waals surface area contributed by atoms with Gasteiger partial charge in [0.2, 0.25) is 5.60 Å². The van der Waals surface area contributed by atoms with E-state index in [1.54, 1.807) is 0 Å². The predicted molar refractivity (Wildman–Crippen MR) is 245 cm³/mol. The summed E-state index contributed by atoms with van der Waals surface area (Å²) in [6, 6.07) is 0. The fourth-order valence-electron chi connectivity index (χ4n) is 8.27. The zero-order valence-electron chi connectivity index (χ0n) is 39.2. The first-order valence-electron chi connectivity index (χ1n) is 24.0. The molecule has 67 heavy (non-hydrogen) atoms. The van der Waals surface area contributed by atoms with Crippen molar-refractivity contribution in [3.05, 3.63) is 0 Å². The summed E-state index contributed by atoms with van der Waals surface area (Å²) in [7, 11) is -23.8. The van der Waals surface area contributed by atoms with Crippen molar-refractivity contribution in [1.82, 2.24) is 0 Å². The molecule has 1 aliphatic carbocycles. The van der Waals surface area contributed by atoms with E-state index < -0.39 is 111 Å². The molecular weight excluding hydrogens is 968 g/mol. The number of aliphatic hydroxyl groups excluding tert-OH is 4. The van der Waals surface area contributed by atoms with E-state index in [1.807, 2.05) is 0 Å². The van der Waals surface area contributed by atoms with Gasteiger partial charge in [0.15, 0.2) is 11.6 Å². The van der Waals surface area contributed by atoms with Gasteiger partial charge in [-0.25, -0.2) is 18.3 Å². The molecule has 1 unspecified atom stereocenters. The molecule has 1 aliphatic rings. The van der Waals surface area contributed by atoms with Gasteiger partial charge in [-0.15, -0.1) is 0 Å². The highest BCUT2D eigenvalue weighted by molar-refractivity contribution is 7.47. The van der Waals surface area contributed by atoms with Crippen molar-refractivity contribution in [3.63, 3.8) is 0 Å². The Morgan fingerprint density at radius 3 is 0.985 bits per heavy atom. The van der Waals surface area contributed by atoms with Crippen LogP contribution in [0.3, 0.4) is 0 Å². The Balaban J connectivity index is 3.33. The Labute approximate surface area is 395 Å². The fraction of sp³-hybridized carbons (Fsp3) is 0.951. The normalized spacial score (nSPS) is 22.2. The number of aliphatic hydroxyl groups is 4. The molecule has 0 aromatic heterocycles. The van der Waals surface area contributed by atoms with E-state index in [0.717, 1.165) is 64.2 Å². The minimum Gasteiger partial charge on any atom is -0.394 e. The SMILES string of the molecule is CCCCCCCCCCCCCCCC(=O)C(OP(=O)(O)O[C@H]1[C@@H](O)[C@@H](OP(=O)(O)O)[C@H](OP(=O)(O)O)[C@@H](OP(=O)(O)O)[C@@H]1O)(C(=O)CCCCCCCCCCCCCCC)[C@@H](O)CO. The second kappa shape index (κ2) is 33.4. The van der Waals surface area contributed by atoms with Gasteiger partial charge < -0.3 is 54.7 Å². The molecule has 0 aromatic carbocycles. The Bertz CT molecular complexity index is 1490. The zero-order chi connectivity index (χ0) is 50.7. The van der Waals surface area contributed by atoms with E-state index in [-0.39, 0.29) is 12.8 Å². The van der Waals surface area contributed by atoms with Gasteiger partial charge in [-0.2, -0.15) is 0 Å². The number of hydrogen-bond donors (Lipinski definition) is 11. The number of unbranched alkanes of at least 4 members (excludes halogenated alkanes) is 24. The van der Waals surface area contributed by atoms with Crippen molar-refractivity contribution in [1.29, 1.82) is 0 Å². The van der Waals surface area contributed by atoms with Crippen molar-refractivity contribution in [3.8, 4) is 0 Å². The number of carbonyl (C=O) groups excluding carboxylic acids is 2.